The largest absolute Gasteiger partial charge is 0.489 e. The van der Waals surface area contributed by atoms with E-state index in [2.05, 4.69) is 20.8 Å². The van der Waals surface area contributed by atoms with Crippen molar-refractivity contribution in [3.8, 4) is 0 Å². The molecule has 0 spiro atoms. The zero-order valence-corrected chi connectivity index (χ0v) is 16.8. The van der Waals surface area contributed by atoms with Crippen molar-refractivity contribution in [1.29, 1.82) is 0 Å². The summed E-state index contributed by atoms with van der Waals surface area (Å²) in [4.78, 5) is 26.2. The third kappa shape index (κ3) is 6.32. The Kier molecular flexibility index (Phi) is 7.55. The standard InChI is InChI=1S/C22H28BNO4/c1-22(2,3)12-14-24(13-11-17-7-5-4-6-8-17)21(26)18-9-10-20(23(27)28)19(15-18)16-25/h4-10,15-16,27-28H,11-14H2,1-3H3. The molecule has 28 heavy (non-hydrogen) atoms. The van der Waals surface area contributed by atoms with Crippen LogP contribution in [0, 0.1) is 5.41 Å². The number of benzene rings is 2. The molecule has 2 aromatic carbocycles. The minimum absolute atomic E-state index is 0.0874. The third-order valence-corrected chi connectivity index (χ3v) is 4.67. The van der Waals surface area contributed by atoms with Crippen molar-refractivity contribution in [2.24, 2.45) is 5.41 Å². The van der Waals surface area contributed by atoms with Gasteiger partial charge in [0.05, 0.1) is 0 Å². The second kappa shape index (κ2) is 9.67. The Balaban J connectivity index is 2.22. The maximum atomic E-state index is 13.1. The topological polar surface area (TPSA) is 77.8 Å². The van der Waals surface area contributed by atoms with Crippen molar-refractivity contribution in [1.82, 2.24) is 4.90 Å². The number of hydrogen-bond donors (Lipinski definition) is 2. The lowest BCUT2D eigenvalue weighted by Crippen LogP contribution is -2.37. The number of hydrogen-bond acceptors (Lipinski definition) is 4. The highest BCUT2D eigenvalue weighted by Gasteiger charge is 2.22. The summed E-state index contributed by atoms with van der Waals surface area (Å²) in [5.74, 6) is -0.165. The van der Waals surface area contributed by atoms with E-state index in [9.17, 15) is 19.6 Å². The molecule has 0 unspecified atom stereocenters. The molecule has 0 aromatic heterocycles. The number of aldehydes is 1. The Morgan fingerprint density at radius 1 is 1.07 bits per heavy atom. The summed E-state index contributed by atoms with van der Waals surface area (Å²) in [5.41, 5.74) is 1.82. The van der Waals surface area contributed by atoms with Crippen LogP contribution in [0.3, 0.4) is 0 Å². The van der Waals surface area contributed by atoms with Crippen LogP contribution in [0.15, 0.2) is 48.5 Å². The van der Waals surface area contributed by atoms with E-state index in [0.717, 1.165) is 18.4 Å². The molecule has 0 saturated heterocycles. The van der Waals surface area contributed by atoms with Gasteiger partial charge < -0.3 is 14.9 Å². The molecule has 0 bridgehead atoms. The summed E-state index contributed by atoms with van der Waals surface area (Å²) in [6.07, 6.45) is 2.13. The Bertz CT molecular complexity index is 800. The van der Waals surface area contributed by atoms with Gasteiger partial charge in [0.2, 0.25) is 0 Å². The van der Waals surface area contributed by atoms with E-state index >= 15 is 0 Å². The van der Waals surface area contributed by atoms with Crippen molar-refractivity contribution >= 4 is 24.8 Å². The van der Waals surface area contributed by atoms with Crippen LogP contribution >= 0.6 is 0 Å². The maximum Gasteiger partial charge on any atom is 0.489 e. The van der Waals surface area contributed by atoms with Gasteiger partial charge in [-0.25, -0.2) is 0 Å². The van der Waals surface area contributed by atoms with Gasteiger partial charge in [-0.3, -0.25) is 9.59 Å². The van der Waals surface area contributed by atoms with Gasteiger partial charge in [0.25, 0.3) is 5.91 Å². The molecule has 0 fully saturated rings. The molecule has 5 nitrogen and oxygen atoms in total. The highest BCUT2D eigenvalue weighted by atomic mass is 16.4. The molecular weight excluding hydrogens is 353 g/mol. The quantitative estimate of drug-likeness (QED) is 0.543. The van der Waals surface area contributed by atoms with Crippen LogP contribution < -0.4 is 5.46 Å². The van der Waals surface area contributed by atoms with Gasteiger partial charge in [0, 0.05) is 24.2 Å². The normalized spacial score (nSPS) is 11.2. The second-order valence-corrected chi connectivity index (χ2v) is 8.17. The number of rotatable bonds is 8. The summed E-state index contributed by atoms with van der Waals surface area (Å²) in [6.45, 7) is 7.58. The van der Waals surface area contributed by atoms with Crippen LogP contribution in [0.25, 0.3) is 0 Å². The average Bonchev–Trinajstić information content (AvgIpc) is 2.67. The summed E-state index contributed by atoms with van der Waals surface area (Å²) in [7, 11) is -1.75. The highest BCUT2D eigenvalue weighted by Crippen LogP contribution is 2.20. The van der Waals surface area contributed by atoms with Crippen molar-refractivity contribution in [3.05, 3.63) is 65.2 Å². The minimum Gasteiger partial charge on any atom is -0.423 e. The predicted octanol–water partition coefficient (Wildman–Crippen LogP) is 2.30. The van der Waals surface area contributed by atoms with Gasteiger partial charge >= 0.3 is 7.12 Å². The summed E-state index contributed by atoms with van der Waals surface area (Å²) < 4.78 is 0. The fraction of sp³-hybridized carbons (Fsp3) is 0.364. The molecule has 0 heterocycles. The molecule has 0 aliphatic carbocycles. The van der Waals surface area contributed by atoms with Crippen LogP contribution in [0.4, 0.5) is 0 Å². The van der Waals surface area contributed by atoms with Crippen LogP contribution in [-0.2, 0) is 6.42 Å². The summed E-state index contributed by atoms with van der Waals surface area (Å²) in [6, 6.07) is 14.4. The molecular formula is C22H28BNO4. The first-order chi connectivity index (χ1) is 13.2. The highest BCUT2D eigenvalue weighted by molar-refractivity contribution is 6.60. The second-order valence-electron chi connectivity index (χ2n) is 8.17. The molecule has 2 rings (SSSR count). The van der Waals surface area contributed by atoms with Crippen LogP contribution in [-0.4, -0.2) is 47.3 Å². The van der Waals surface area contributed by atoms with E-state index in [1.54, 1.807) is 4.90 Å². The Labute approximate surface area is 167 Å². The molecule has 6 heteroatoms. The number of amides is 1. The predicted molar refractivity (Wildman–Crippen MR) is 112 cm³/mol. The van der Waals surface area contributed by atoms with Gasteiger partial charge in [-0.1, -0.05) is 57.2 Å². The van der Waals surface area contributed by atoms with Crippen molar-refractivity contribution in [2.45, 2.75) is 33.6 Å². The number of carbonyl (C=O) groups is 2. The summed E-state index contributed by atoms with van der Waals surface area (Å²) >= 11 is 0. The van der Waals surface area contributed by atoms with Gasteiger partial charge in [-0.05, 0) is 41.4 Å². The molecule has 0 aliphatic heterocycles. The lowest BCUT2D eigenvalue weighted by molar-refractivity contribution is 0.0739. The average molecular weight is 381 g/mol. The van der Waals surface area contributed by atoms with E-state index in [1.165, 1.54) is 18.2 Å². The molecule has 2 aromatic rings. The van der Waals surface area contributed by atoms with Gasteiger partial charge in [0.1, 0.15) is 6.29 Å². The Morgan fingerprint density at radius 2 is 1.75 bits per heavy atom. The van der Waals surface area contributed by atoms with Crippen LogP contribution in [0.5, 0.6) is 0 Å². The van der Waals surface area contributed by atoms with E-state index < -0.39 is 7.12 Å². The van der Waals surface area contributed by atoms with E-state index in [0.29, 0.717) is 24.9 Å². The molecule has 0 aliphatic rings. The van der Waals surface area contributed by atoms with Crippen LogP contribution in [0.1, 0.15) is 53.5 Å². The minimum atomic E-state index is -1.75. The maximum absolute atomic E-state index is 13.1. The molecule has 0 atom stereocenters. The van der Waals surface area contributed by atoms with E-state index in [1.807, 2.05) is 30.3 Å². The monoisotopic (exact) mass is 381 g/mol. The number of nitrogens with zero attached hydrogens (tertiary/aromatic N) is 1. The molecule has 148 valence electrons. The first kappa shape index (κ1) is 21.9. The fourth-order valence-electron chi connectivity index (χ4n) is 2.92. The van der Waals surface area contributed by atoms with Gasteiger partial charge in [-0.2, -0.15) is 0 Å². The summed E-state index contributed by atoms with van der Waals surface area (Å²) in [5, 5.41) is 18.7. The molecule has 0 saturated carbocycles. The Morgan fingerprint density at radius 3 is 2.32 bits per heavy atom. The van der Waals surface area contributed by atoms with Crippen molar-refractivity contribution in [2.75, 3.05) is 13.1 Å². The lowest BCUT2D eigenvalue weighted by Gasteiger charge is -2.27. The zero-order chi connectivity index (χ0) is 20.7. The molecule has 1 amide bonds. The zero-order valence-electron chi connectivity index (χ0n) is 16.8. The van der Waals surface area contributed by atoms with E-state index in [-0.39, 0.29) is 22.3 Å². The Hall–Kier alpha value is -2.44. The molecule has 0 radical (unpaired) electrons. The fourth-order valence-corrected chi connectivity index (χ4v) is 2.92. The van der Waals surface area contributed by atoms with Crippen molar-refractivity contribution < 1.29 is 19.6 Å². The van der Waals surface area contributed by atoms with E-state index in [4.69, 9.17) is 0 Å². The van der Waals surface area contributed by atoms with Crippen molar-refractivity contribution in [3.63, 3.8) is 0 Å². The van der Waals surface area contributed by atoms with Crippen LogP contribution in [0.2, 0.25) is 0 Å². The first-order valence-corrected chi connectivity index (χ1v) is 9.50. The number of carbonyl (C=O) groups excluding carboxylic acids is 2. The first-order valence-electron chi connectivity index (χ1n) is 9.50. The molecule has 2 N–H and O–H groups in total. The van der Waals surface area contributed by atoms with Gasteiger partial charge in [-0.15, -0.1) is 0 Å². The lowest BCUT2D eigenvalue weighted by atomic mass is 9.76. The SMILES string of the molecule is CC(C)(C)CCN(CCc1ccccc1)C(=O)c1ccc(B(O)O)c(C=O)c1. The smallest absolute Gasteiger partial charge is 0.423 e. The third-order valence-electron chi connectivity index (χ3n) is 4.67. The van der Waals surface area contributed by atoms with Gasteiger partial charge in [0.15, 0.2) is 0 Å².